The minimum atomic E-state index is 0.287. The van der Waals surface area contributed by atoms with Crippen LogP contribution in [-0.4, -0.2) is 55.2 Å². The summed E-state index contributed by atoms with van der Waals surface area (Å²) in [6.07, 6.45) is 3.94. The Hall–Kier alpha value is -2.54. The highest BCUT2D eigenvalue weighted by Gasteiger charge is 2.27. The van der Waals surface area contributed by atoms with E-state index in [1.165, 1.54) is 0 Å². The van der Waals surface area contributed by atoms with Crippen LogP contribution in [0.4, 0.5) is 17.8 Å². The Bertz CT molecular complexity index is 943. The monoisotopic (exact) mass is 386 g/mol. The van der Waals surface area contributed by atoms with Gasteiger partial charge in [0.2, 0.25) is 5.95 Å². The number of hydrogen-bond donors (Lipinski definition) is 0. The van der Waals surface area contributed by atoms with Crippen LogP contribution in [0.3, 0.4) is 0 Å². The molecule has 0 spiro atoms. The average Bonchev–Trinajstić information content (AvgIpc) is 3.11. The van der Waals surface area contributed by atoms with Crippen molar-refractivity contribution in [1.82, 2.24) is 15.0 Å². The second-order valence-corrected chi connectivity index (χ2v) is 7.51. The molecule has 2 aromatic heterocycles. The van der Waals surface area contributed by atoms with Crippen molar-refractivity contribution in [2.45, 2.75) is 18.9 Å². The number of anilines is 3. The lowest BCUT2D eigenvalue weighted by Crippen LogP contribution is -2.47. The van der Waals surface area contributed by atoms with Gasteiger partial charge in [0.25, 0.3) is 6.01 Å². The van der Waals surface area contributed by atoms with E-state index in [4.69, 9.17) is 16.0 Å². The molecule has 8 heteroatoms. The first kappa shape index (κ1) is 17.9. The van der Waals surface area contributed by atoms with Crippen molar-refractivity contribution in [2.24, 2.45) is 0 Å². The zero-order chi connectivity index (χ0) is 19.0. The number of nitrogens with zero attached hydrogens (tertiary/aromatic N) is 6. The fraction of sp³-hybridized carbons (Fsp3) is 0.421. The zero-order valence-electron chi connectivity index (χ0n) is 15.8. The molecule has 3 heterocycles. The van der Waals surface area contributed by atoms with E-state index in [9.17, 15) is 0 Å². The Kier molecular flexibility index (Phi) is 4.78. The lowest BCUT2D eigenvalue weighted by atomic mass is 10.1. The van der Waals surface area contributed by atoms with Gasteiger partial charge < -0.3 is 19.1 Å². The maximum absolute atomic E-state index is 6.06. The molecule has 1 atom stereocenters. The highest BCUT2D eigenvalue weighted by atomic mass is 35.5. The summed E-state index contributed by atoms with van der Waals surface area (Å²) in [7, 11) is 6.01. The predicted molar refractivity (Wildman–Crippen MR) is 109 cm³/mol. The van der Waals surface area contributed by atoms with E-state index >= 15 is 0 Å². The minimum absolute atomic E-state index is 0.287. The molecule has 0 amide bonds. The van der Waals surface area contributed by atoms with Crippen LogP contribution < -0.4 is 14.7 Å². The van der Waals surface area contributed by atoms with Crippen molar-refractivity contribution in [3.63, 3.8) is 0 Å². The van der Waals surface area contributed by atoms with Gasteiger partial charge in [-0.25, -0.2) is 4.98 Å². The van der Waals surface area contributed by atoms with Crippen molar-refractivity contribution in [3.8, 4) is 0 Å². The molecule has 1 aliphatic rings. The molecule has 1 unspecified atom stereocenters. The molecule has 3 aromatic rings. The summed E-state index contributed by atoms with van der Waals surface area (Å²) >= 11 is 6.06. The van der Waals surface area contributed by atoms with Gasteiger partial charge in [0.05, 0.1) is 0 Å². The molecule has 27 heavy (non-hydrogen) atoms. The summed E-state index contributed by atoms with van der Waals surface area (Å²) in [5.74, 6) is 1.63. The number of oxazole rings is 1. The second-order valence-electron chi connectivity index (χ2n) is 7.07. The molecular weight excluding hydrogens is 364 g/mol. The third kappa shape index (κ3) is 3.64. The number of halogens is 1. The Morgan fingerprint density at radius 2 is 2.04 bits per heavy atom. The first-order valence-corrected chi connectivity index (χ1v) is 9.43. The molecule has 1 aromatic carbocycles. The Labute approximate surface area is 163 Å². The predicted octanol–water partition coefficient (Wildman–Crippen LogP) is 3.44. The molecule has 0 N–H and O–H groups in total. The Morgan fingerprint density at radius 1 is 1.19 bits per heavy atom. The van der Waals surface area contributed by atoms with Crippen LogP contribution in [0.1, 0.15) is 12.8 Å². The Morgan fingerprint density at radius 3 is 2.85 bits per heavy atom. The number of likely N-dealkylation sites (N-methyl/N-ethyl adjacent to an activating group) is 1. The van der Waals surface area contributed by atoms with E-state index in [0.29, 0.717) is 11.0 Å². The number of aromatic nitrogens is 3. The van der Waals surface area contributed by atoms with Crippen LogP contribution >= 0.6 is 11.6 Å². The van der Waals surface area contributed by atoms with Gasteiger partial charge in [-0.3, -0.25) is 0 Å². The summed E-state index contributed by atoms with van der Waals surface area (Å²) in [5, 5.41) is 0.652. The molecule has 0 bridgehead atoms. The number of fused-ring (bicyclic) bond motifs is 1. The molecule has 1 saturated heterocycles. The third-order valence-corrected chi connectivity index (χ3v) is 5.19. The summed E-state index contributed by atoms with van der Waals surface area (Å²) in [5.41, 5.74) is 1.54. The summed E-state index contributed by atoms with van der Waals surface area (Å²) in [6.45, 7) is 1.73. The lowest BCUT2D eigenvalue weighted by Gasteiger charge is -2.37. The highest BCUT2D eigenvalue weighted by Crippen LogP contribution is 2.28. The van der Waals surface area contributed by atoms with Gasteiger partial charge in [0.1, 0.15) is 11.3 Å². The Balaban J connectivity index is 1.54. The fourth-order valence-corrected chi connectivity index (χ4v) is 3.55. The molecular formula is C19H23ClN6O. The number of hydrogen-bond acceptors (Lipinski definition) is 7. The van der Waals surface area contributed by atoms with Gasteiger partial charge in [0.15, 0.2) is 5.58 Å². The molecule has 142 valence electrons. The van der Waals surface area contributed by atoms with Gasteiger partial charge in [-0.1, -0.05) is 11.6 Å². The fourth-order valence-electron chi connectivity index (χ4n) is 3.39. The first-order chi connectivity index (χ1) is 13.0. The molecule has 0 radical (unpaired) electrons. The molecule has 1 fully saturated rings. The van der Waals surface area contributed by atoms with Gasteiger partial charge in [-0.15, -0.1) is 0 Å². The summed E-state index contributed by atoms with van der Waals surface area (Å²) in [4.78, 5) is 20.1. The van der Waals surface area contributed by atoms with E-state index in [2.05, 4.69) is 31.8 Å². The average molecular weight is 387 g/mol. The van der Waals surface area contributed by atoms with Crippen molar-refractivity contribution >= 4 is 40.5 Å². The molecule has 0 aliphatic carbocycles. The molecule has 7 nitrogen and oxygen atoms in total. The van der Waals surface area contributed by atoms with E-state index in [-0.39, 0.29) is 6.04 Å². The van der Waals surface area contributed by atoms with Crippen molar-refractivity contribution < 1.29 is 4.42 Å². The number of piperidine rings is 1. The van der Waals surface area contributed by atoms with Gasteiger partial charge >= 0.3 is 0 Å². The van der Waals surface area contributed by atoms with Crippen LogP contribution in [0.5, 0.6) is 0 Å². The maximum Gasteiger partial charge on any atom is 0.298 e. The minimum Gasteiger partial charge on any atom is -0.423 e. The highest BCUT2D eigenvalue weighted by molar-refractivity contribution is 6.31. The summed E-state index contributed by atoms with van der Waals surface area (Å²) in [6, 6.07) is 8.37. The largest absolute Gasteiger partial charge is 0.423 e. The second kappa shape index (κ2) is 7.23. The smallest absolute Gasteiger partial charge is 0.298 e. The van der Waals surface area contributed by atoms with E-state index in [1.54, 1.807) is 6.20 Å². The van der Waals surface area contributed by atoms with Gasteiger partial charge in [-0.05, 0) is 31.0 Å². The van der Waals surface area contributed by atoms with Crippen LogP contribution in [-0.2, 0) is 0 Å². The lowest BCUT2D eigenvalue weighted by molar-refractivity contribution is 0.452. The van der Waals surface area contributed by atoms with Crippen LogP contribution in [0, 0.1) is 0 Å². The molecule has 1 aliphatic heterocycles. The third-order valence-electron chi connectivity index (χ3n) is 4.96. The first-order valence-electron chi connectivity index (χ1n) is 9.05. The SMILES string of the molecule is CN(C)c1ccnc(N(C)C2CCCN(c3nc4ccc(Cl)cc4o3)C2)n1. The zero-order valence-corrected chi connectivity index (χ0v) is 16.5. The van der Waals surface area contributed by atoms with E-state index in [1.807, 2.05) is 43.3 Å². The number of benzene rings is 1. The number of rotatable bonds is 4. The van der Waals surface area contributed by atoms with E-state index in [0.717, 1.165) is 48.8 Å². The van der Waals surface area contributed by atoms with E-state index < -0.39 is 0 Å². The van der Waals surface area contributed by atoms with Gasteiger partial charge in [0, 0.05) is 57.6 Å². The van der Waals surface area contributed by atoms with Crippen LogP contribution in [0.25, 0.3) is 11.1 Å². The quantitative estimate of drug-likeness (QED) is 0.680. The van der Waals surface area contributed by atoms with Gasteiger partial charge in [-0.2, -0.15) is 9.97 Å². The standard InChI is InChI=1S/C19H23ClN6O/c1-24(2)17-8-9-21-18(23-17)25(3)14-5-4-10-26(12-14)19-22-15-7-6-13(20)11-16(15)27-19/h6-9,11,14H,4-5,10,12H2,1-3H3. The van der Waals surface area contributed by atoms with Crippen LogP contribution in [0.2, 0.25) is 5.02 Å². The normalized spacial score (nSPS) is 17.3. The van der Waals surface area contributed by atoms with Crippen molar-refractivity contribution in [1.29, 1.82) is 0 Å². The van der Waals surface area contributed by atoms with Crippen molar-refractivity contribution in [2.75, 3.05) is 48.9 Å². The van der Waals surface area contributed by atoms with Crippen molar-refractivity contribution in [3.05, 3.63) is 35.5 Å². The molecule has 4 rings (SSSR count). The maximum atomic E-state index is 6.06. The van der Waals surface area contributed by atoms with Crippen LogP contribution in [0.15, 0.2) is 34.9 Å². The molecule has 0 saturated carbocycles. The topological polar surface area (TPSA) is 61.5 Å². The summed E-state index contributed by atoms with van der Waals surface area (Å²) < 4.78 is 5.95.